The maximum atomic E-state index is 12.3. The number of nitrogens with one attached hydrogen (secondary N) is 1. The summed E-state index contributed by atoms with van der Waals surface area (Å²) < 4.78 is 0. The maximum absolute atomic E-state index is 12.3. The minimum Gasteiger partial charge on any atom is -0.316 e. The number of hydrogen-bond donors (Lipinski definition) is 1. The number of amides is 1. The molecule has 0 spiro atoms. The van der Waals surface area contributed by atoms with Gasteiger partial charge in [0.25, 0.3) is 17.3 Å². The fraction of sp³-hybridized carbons (Fsp3) is 0.133. The highest BCUT2D eigenvalue weighted by molar-refractivity contribution is 6.06. The Balaban J connectivity index is 2.39. The van der Waals surface area contributed by atoms with Crippen LogP contribution in [0.15, 0.2) is 36.4 Å². The SMILES string of the molecule is Cc1ccc(NC(=O)c2cccc([N+](=O)[O-])c2C)c([N+](=O)[O-])c1. The molecule has 0 saturated carbocycles. The number of hydrogen-bond acceptors (Lipinski definition) is 5. The van der Waals surface area contributed by atoms with E-state index in [0.29, 0.717) is 5.56 Å². The predicted octanol–water partition coefficient (Wildman–Crippen LogP) is 3.37. The lowest BCUT2D eigenvalue weighted by atomic mass is 10.1. The van der Waals surface area contributed by atoms with Gasteiger partial charge in [0.1, 0.15) is 5.69 Å². The summed E-state index contributed by atoms with van der Waals surface area (Å²) >= 11 is 0. The Hall–Kier alpha value is -3.29. The maximum Gasteiger partial charge on any atom is 0.293 e. The Morgan fingerprint density at radius 3 is 2.26 bits per heavy atom. The Morgan fingerprint density at radius 1 is 1.00 bits per heavy atom. The Bertz CT molecular complexity index is 817. The van der Waals surface area contributed by atoms with Crippen molar-refractivity contribution in [2.75, 3.05) is 5.32 Å². The second-order valence-electron chi connectivity index (χ2n) is 4.94. The number of carbonyl (C=O) groups is 1. The van der Waals surface area contributed by atoms with Crippen LogP contribution in [0.5, 0.6) is 0 Å². The monoisotopic (exact) mass is 315 g/mol. The molecule has 0 saturated heterocycles. The molecule has 8 heteroatoms. The standard InChI is InChI=1S/C15H13N3O5/c1-9-6-7-12(14(8-9)18(22)23)16-15(19)11-4-3-5-13(10(11)2)17(20)21/h3-8H,1-2H3,(H,16,19). The van der Waals surface area contributed by atoms with Crippen LogP contribution < -0.4 is 5.32 Å². The summed E-state index contributed by atoms with van der Waals surface area (Å²) in [6, 6.07) is 8.51. The smallest absolute Gasteiger partial charge is 0.293 e. The third kappa shape index (κ3) is 3.31. The second-order valence-corrected chi connectivity index (χ2v) is 4.94. The van der Waals surface area contributed by atoms with Crippen LogP contribution in [-0.2, 0) is 0 Å². The number of nitro benzene ring substituents is 2. The van der Waals surface area contributed by atoms with Gasteiger partial charge in [-0.15, -0.1) is 0 Å². The highest BCUT2D eigenvalue weighted by atomic mass is 16.6. The predicted molar refractivity (Wildman–Crippen MR) is 83.6 cm³/mol. The molecule has 23 heavy (non-hydrogen) atoms. The molecule has 0 aliphatic carbocycles. The first kappa shape index (κ1) is 16.1. The number of carbonyl (C=O) groups excluding carboxylic acids is 1. The van der Waals surface area contributed by atoms with Gasteiger partial charge in [0.15, 0.2) is 0 Å². The van der Waals surface area contributed by atoms with Crippen molar-refractivity contribution in [1.29, 1.82) is 0 Å². The molecule has 1 N–H and O–H groups in total. The molecule has 0 fully saturated rings. The molecule has 0 unspecified atom stereocenters. The summed E-state index contributed by atoms with van der Waals surface area (Å²) in [6.45, 7) is 3.15. The molecule has 0 atom stereocenters. The van der Waals surface area contributed by atoms with Gasteiger partial charge in [-0.2, -0.15) is 0 Å². The van der Waals surface area contributed by atoms with Crippen LogP contribution in [0.3, 0.4) is 0 Å². The molecule has 0 heterocycles. The molecule has 118 valence electrons. The summed E-state index contributed by atoms with van der Waals surface area (Å²) in [5, 5.41) is 24.4. The van der Waals surface area contributed by atoms with E-state index in [9.17, 15) is 25.0 Å². The van der Waals surface area contributed by atoms with Crippen molar-refractivity contribution in [2.45, 2.75) is 13.8 Å². The lowest BCUT2D eigenvalue weighted by Crippen LogP contribution is -2.15. The van der Waals surface area contributed by atoms with Gasteiger partial charge < -0.3 is 5.32 Å². The molecule has 8 nitrogen and oxygen atoms in total. The van der Waals surface area contributed by atoms with Crippen LogP contribution >= 0.6 is 0 Å². The third-order valence-corrected chi connectivity index (χ3v) is 3.34. The second kappa shape index (κ2) is 6.22. The average Bonchev–Trinajstić information content (AvgIpc) is 2.48. The Kier molecular flexibility index (Phi) is 4.35. The molecule has 2 aromatic carbocycles. The van der Waals surface area contributed by atoms with Crippen molar-refractivity contribution in [3.8, 4) is 0 Å². The summed E-state index contributed by atoms with van der Waals surface area (Å²) in [5.74, 6) is -0.641. The van der Waals surface area contributed by atoms with E-state index in [2.05, 4.69) is 5.32 Å². The van der Waals surface area contributed by atoms with E-state index in [1.165, 1.54) is 37.3 Å². The summed E-state index contributed by atoms with van der Waals surface area (Å²) in [6.07, 6.45) is 0. The quantitative estimate of drug-likeness (QED) is 0.686. The molecule has 0 radical (unpaired) electrons. The largest absolute Gasteiger partial charge is 0.316 e. The van der Waals surface area contributed by atoms with Gasteiger partial charge in [0, 0.05) is 23.3 Å². The normalized spacial score (nSPS) is 10.2. The van der Waals surface area contributed by atoms with Gasteiger partial charge in [-0.1, -0.05) is 12.1 Å². The van der Waals surface area contributed by atoms with Crippen LogP contribution in [0.25, 0.3) is 0 Å². The van der Waals surface area contributed by atoms with E-state index in [4.69, 9.17) is 0 Å². The third-order valence-electron chi connectivity index (χ3n) is 3.34. The van der Waals surface area contributed by atoms with Crippen molar-refractivity contribution < 1.29 is 14.6 Å². The zero-order valence-electron chi connectivity index (χ0n) is 12.4. The van der Waals surface area contributed by atoms with Crippen LogP contribution in [0.2, 0.25) is 0 Å². The number of nitrogens with zero attached hydrogens (tertiary/aromatic N) is 2. The number of anilines is 1. The van der Waals surface area contributed by atoms with E-state index >= 15 is 0 Å². The van der Waals surface area contributed by atoms with Crippen molar-refractivity contribution >= 4 is 23.0 Å². The van der Waals surface area contributed by atoms with Crippen molar-refractivity contribution in [2.24, 2.45) is 0 Å². The van der Waals surface area contributed by atoms with Gasteiger partial charge >= 0.3 is 0 Å². The zero-order valence-corrected chi connectivity index (χ0v) is 12.4. The first-order valence-electron chi connectivity index (χ1n) is 6.61. The van der Waals surface area contributed by atoms with E-state index in [0.717, 1.165) is 0 Å². The van der Waals surface area contributed by atoms with Crippen LogP contribution in [0, 0.1) is 34.1 Å². The zero-order chi connectivity index (χ0) is 17.1. The van der Waals surface area contributed by atoms with Gasteiger partial charge in [0.05, 0.1) is 9.85 Å². The molecular formula is C15H13N3O5. The molecule has 2 rings (SSSR count). The molecule has 1 amide bonds. The Morgan fingerprint density at radius 2 is 1.65 bits per heavy atom. The summed E-state index contributed by atoms with van der Waals surface area (Å²) in [7, 11) is 0. The fourth-order valence-corrected chi connectivity index (χ4v) is 2.16. The first-order chi connectivity index (χ1) is 10.8. The van der Waals surface area contributed by atoms with Crippen molar-refractivity contribution in [1.82, 2.24) is 0 Å². The molecule has 0 aliphatic heterocycles. The lowest BCUT2D eigenvalue weighted by molar-refractivity contribution is -0.385. The van der Waals surface area contributed by atoms with E-state index in [1.807, 2.05) is 0 Å². The van der Waals surface area contributed by atoms with E-state index < -0.39 is 15.8 Å². The van der Waals surface area contributed by atoms with Crippen LogP contribution in [0.1, 0.15) is 21.5 Å². The number of aryl methyl sites for hydroxylation is 1. The van der Waals surface area contributed by atoms with Gasteiger partial charge in [0.2, 0.25) is 0 Å². The number of rotatable bonds is 4. The first-order valence-corrected chi connectivity index (χ1v) is 6.61. The van der Waals surface area contributed by atoms with Gasteiger partial charge in [-0.3, -0.25) is 25.0 Å². The molecule has 0 aliphatic rings. The Labute approximate surface area is 131 Å². The molecular weight excluding hydrogens is 302 g/mol. The summed E-state index contributed by atoms with van der Waals surface area (Å²) in [4.78, 5) is 33.1. The minimum atomic E-state index is -0.641. The topological polar surface area (TPSA) is 115 Å². The van der Waals surface area contributed by atoms with Crippen molar-refractivity contribution in [3.63, 3.8) is 0 Å². The van der Waals surface area contributed by atoms with Crippen molar-refractivity contribution in [3.05, 3.63) is 73.3 Å². The molecule has 0 aromatic heterocycles. The number of benzene rings is 2. The average molecular weight is 315 g/mol. The minimum absolute atomic E-state index is 0.0384. The van der Waals surface area contributed by atoms with E-state index in [1.54, 1.807) is 13.0 Å². The van der Waals surface area contributed by atoms with E-state index in [-0.39, 0.29) is 28.2 Å². The van der Waals surface area contributed by atoms with Crippen LogP contribution in [-0.4, -0.2) is 15.8 Å². The fourth-order valence-electron chi connectivity index (χ4n) is 2.16. The highest BCUT2D eigenvalue weighted by Gasteiger charge is 2.21. The summed E-state index contributed by atoms with van der Waals surface area (Å²) in [5.41, 5.74) is 0.592. The number of nitro groups is 2. The van der Waals surface area contributed by atoms with Gasteiger partial charge in [-0.05, 0) is 31.5 Å². The van der Waals surface area contributed by atoms with Crippen LogP contribution in [0.4, 0.5) is 17.1 Å². The van der Waals surface area contributed by atoms with Gasteiger partial charge in [-0.25, -0.2) is 0 Å². The lowest BCUT2D eigenvalue weighted by Gasteiger charge is -2.09. The highest BCUT2D eigenvalue weighted by Crippen LogP contribution is 2.27. The molecule has 2 aromatic rings. The molecule has 0 bridgehead atoms.